The minimum atomic E-state index is -0.930. The molecular formula is C13H11NO3S. The Kier molecular flexibility index (Phi) is 3.84. The fourth-order valence-corrected chi connectivity index (χ4v) is 2.18. The zero-order valence-electron chi connectivity index (χ0n) is 9.66. The summed E-state index contributed by atoms with van der Waals surface area (Å²) >= 11 is 1.41. The van der Waals surface area contributed by atoms with Gasteiger partial charge in [0, 0.05) is 4.90 Å². The van der Waals surface area contributed by atoms with Crippen LogP contribution >= 0.6 is 11.8 Å². The summed E-state index contributed by atoms with van der Waals surface area (Å²) in [5.74, 6) is -0.237. The third kappa shape index (κ3) is 3.01. The molecule has 0 saturated heterocycles. The van der Waals surface area contributed by atoms with Crippen LogP contribution in [0.15, 0.2) is 52.5 Å². The van der Waals surface area contributed by atoms with Gasteiger partial charge in [0.2, 0.25) is 0 Å². The maximum Gasteiger partial charge on any atom is 0.335 e. The number of carboxylic acid groups (broad SMARTS) is 1. The van der Waals surface area contributed by atoms with Gasteiger partial charge in [0.25, 0.3) is 0 Å². The van der Waals surface area contributed by atoms with Crippen molar-refractivity contribution in [3.8, 4) is 5.75 Å². The van der Waals surface area contributed by atoms with Gasteiger partial charge in [0.1, 0.15) is 10.8 Å². The second-order valence-corrected chi connectivity index (χ2v) is 4.57. The van der Waals surface area contributed by atoms with Crippen LogP contribution in [0.5, 0.6) is 5.75 Å². The van der Waals surface area contributed by atoms with E-state index in [2.05, 4.69) is 4.98 Å². The number of hydrogen-bond acceptors (Lipinski definition) is 4. The van der Waals surface area contributed by atoms with Crippen LogP contribution in [0.25, 0.3) is 0 Å². The maximum atomic E-state index is 10.8. The highest BCUT2D eigenvalue weighted by atomic mass is 32.2. The average molecular weight is 261 g/mol. The second kappa shape index (κ2) is 5.55. The Hall–Kier alpha value is -2.01. The first-order chi connectivity index (χ1) is 8.69. The van der Waals surface area contributed by atoms with Gasteiger partial charge in [-0.05, 0) is 30.3 Å². The Morgan fingerprint density at radius 3 is 2.78 bits per heavy atom. The quantitative estimate of drug-likeness (QED) is 0.917. The number of rotatable bonds is 4. The van der Waals surface area contributed by atoms with Crippen molar-refractivity contribution in [1.82, 2.24) is 4.98 Å². The van der Waals surface area contributed by atoms with Crippen molar-refractivity contribution in [3.05, 3.63) is 48.2 Å². The molecule has 1 aromatic heterocycles. The van der Waals surface area contributed by atoms with Crippen molar-refractivity contribution >= 4 is 17.7 Å². The normalized spacial score (nSPS) is 10.1. The van der Waals surface area contributed by atoms with E-state index in [0.29, 0.717) is 5.75 Å². The minimum absolute atomic E-state index is 0.272. The van der Waals surface area contributed by atoms with E-state index >= 15 is 0 Å². The fraction of sp³-hybridized carbons (Fsp3) is 0.0769. The molecule has 0 radical (unpaired) electrons. The molecule has 1 aromatic carbocycles. The predicted molar refractivity (Wildman–Crippen MR) is 68.3 cm³/mol. The van der Waals surface area contributed by atoms with Gasteiger partial charge < -0.3 is 9.84 Å². The lowest BCUT2D eigenvalue weighted by molar-refractivity contribution is 0.0696. The van der Waals surface area contributed by atoms with Crippen LogP contribution in [0.4, 0.5) is 0 Å². The lowest BCUT2D eigenvalue weighted by Crippen LogP contribution is -1.95. The van der Waals surface area contributed by atoms with Crippen LogP contribution in [0, 0.1) is 0 Å². The number of hydrogen-bond donors (Lipinski definition) is 1. The highest BCUT2D eigenvalue weighted by Gasteiger charge is 2.05. The largest absolute Gasteiger partial charge is 0.495 e. The van der Waals surface area contributed by atoms with E-state index in [9.17, 15) is 4.79 Å². The molecule has 0 aliphatic rings. The number of benzene rings is 1. The molecule has 0 saturated carbocycles. The number of pyridine rings is 1. The third-order valence-corrected chi connectivity index (χ3v) is 3.19. The van der Waals surface area contributed by atoms with Gasteiger partial charge in [-0.2, -0.15) is 0 Å². The monoisotopic (exact) mass is 261 g/mol. The standard InChI is InChI=1S/C13H11NO3S/c1-17-10-5-6-12(14-8-10)18-11-4-2-3-9(7-11)13(15)16/h2-8H,1H3,(H,15,16). The summed E-state index contributed by atoms with van der Waals surface area (Å²) in [6.07, 6.45) is 1.63. The van der Waals surface area contributed by atoms with Crippen molar-refractivity contribution in [3.63, 3.8) is 0 Å². The molecule has 0 spiro atoms. The molecule has 5 heteroatoms. The van der Waals surface area contributed by atoms with Gasteiger partial charge >= 0.3 is 5.97 Å². The molecule has 1 heterocycles. The minimum Gasteiger partial charge on any atom is -0.495 e. The second-order valence-electron chi connectivity index (χ2n) is 3.47. The van der Waals surface area contributed by atoms with Crippen molar-refractivity contribution < 1.29 is 14.6 Å². The zero-order chi connectivity index (χ0) is 13.0. The fourth-order valence-electron chi connectivity index (χ4n) is 1.36. The summed E-state index contributed by atoms with van der Waals surface area (Å²) in [4.78, 5) is 15.9. The van der Waals surface area contributed by atoms with Crippen LogP contribution in [0.2, 0.25) is 0 Å². The number of carboxylic acids is 1. The first kappa shape index (κ1) is 12.4. The number of nitrogens with zero attached hydrogens (tertiary/aromatic N) is 1. The van der Waals surface area contributed by atoms with Crippen LogP contribution in [0.1, 0.15) is 10.4 Å². The first-order valence-corrected chi connectivity index (χ1v) is 6.02. The van der Waals surface area contributed by atoms with Crippen molar-refractivity contribution in [1.29, 1.82) is 0 Å². The molecule has 0 unspecified atom stereocenters. The van der Waals surface area contributed by atoms with E-state index in [1.807, 2.05) is 18.2 Å². The summed E-state index contributed by atoms with van der Waals surface area (Å²) < 4.78 is 5.02. The van der Waals surface area contributed by atoms with E-state index in [0.717, 1.165) is 9.92 Å². The molecule has 0 atom stereocenters. The number of methoxy groups -OCH3 is 1. The molecular weight excluding hydrogens is 250 g/mol. The molecule has 0 bridgehead atoms. The number of carbonyl (C=O) groups is 1. The van der Waals surface area contributed by atoms with Crippen molar-refractivity contribution in [2.24, 2.45) is 0 Å². The van der Waals surface area contributed by atoms with Gasteiger partial charge in [-0.3, -0.25) is 0 Å². The van der Waals surface area contributed by atoms with Gasteiger partial charge in [0.05, 0.1) is 18.9 Å². The Morgan fingerprint density at radius 2 is 2.17 bits per heavy atom. The van der Waals surface area contributed by atoms with Gasteiger partial charge in [0.15, 0.2) is 0 Å². The van der Waals surface area contributed by atoms with E-state index in [4.69, 9.17) is 9.84 Å². The SMILES string of the molecule is COc1ccc(Sc2cccc(C(=O)O)c2)nc1. The molecule has 0 aliphatic heterocycles. The lowest BCUT2D eigenvalue weighted by atomic mass is 10.2. The highest BCUT2D eigenvalue weighted by Crippen LogP contribution is 2.27. The van der Waals surface area contributed by atoms with Gasteiger partial charge in [-0.25, -0.2) is 9.78 Å². The summed E-state index contributed by atoms with van der Waals surface area (Å²) in [5.41, 5.74) is 0.272. The molecule has 4 nitrogen and oxygen atoms in total. The Morgan fingerprint density at radius 1 is 1.33 bits per heavy atom. The smallest absolute Gasteiger partial charge is 0.335 e. The van der Waals surface area contributed by atoms with E-state index in [1.54, 1.807) is 31.5 Å². The molecule has 2 rings (SSSR count). The van der Waals surface area contributed by atoms with E-state index < -0.39 is 5.97 Å². The first-order valence-electron chi connectivity index (χ1n) is 5.20. The van der Waals surface area contributed by atoms with E-state index in [1.165, 1.54) is 11.8 Å². The van der Waals surface area contributed by atoms with Crippen molar-refractivity contribution in [2.45, 2.75) is 9.92 Å². The summed E-state index contributed by atoms with van der Waals surface area (Å²) in [7, 11) is 1.58. The van der Waals surface area contributed by atoms with Crippen LogP contribution in [-0.4, -0.2) is 23.2 Å². The number of aromatic carboxylic acids is 1. The van der Waals surface area contributed by atoms with Crippen LogP contribution < -0.4 is 4.74 Å². The molecule has 2 aromatic rings. The maximum absolute atomic E-state index is 10.8. The summed E-state index contributed by atoms with van der Waals surface area (Å²) in [6, 6.07) is 10.4. The Balaban J connectivity index is 2.17. The summed E-state index contributed by atoms with van der Waals surface area (Å²) in [6.45, 7) is 0. The molecule has 18 heavy (non-hydrogen) atoms. The topological polar surface area (TPSA) is 59.4 Å². The summed E-state index contributed by atoms with van der Waals surface area (Å²) in [5, 5.41) is 9.69. The molecule has 0 aliphatic carbocycles. The Bertz CT molecular complexity index is 554. The highest BCUT2D eigenvalue weighted by molar-refractivity contribution is 7.99. The zero-order valence-corrected chi connectivity index (χ0v) is 10.5. The molecule has 0 fully saturated rings. The molecule has 92 valence electrons. The van der Waals surface area contributed by atoms with Crippen LogP contribution in [-0.2, 0) is 0 Å². The molecule has 0 amide bonds. The third-order valence-electron chi connectivity index (χ3n) is 2.25. The van der Waals surface area contributed by atoms with Gasteiger partial charge in [-0.1, -0.05) is 17.8 Å². The van der Waals surface area contributed by atoms with Gasteiger partial charge in [-0.15, -0.1) is 0 Å². The number of aromatic nitrogens is 1. The predicted octanol–water partition coefficient (Wildman–Crippen LogP) is 2.94. The average Bonchev–Trinajstić information content (AvgIpc) is 2.40. The van der Waals surface area contributed by atoms with Crippen LogP contribution in [0.3, 0.4) is 0 Å². The Labute approximate surface area is 109 Å². The van der Waals surface area contributed by atoms with E-state index in [-0.39, 0.29) is 5.56 Å². The lowest BCUT2D eigenvalue weighted by Gasteiger charge is -2.03. The number of ether oxygens (including phenoxy) is 1. The molecule has 1 N–H and O–H groups in total. The van der Waals surface area contributed by atoms with Crippen molar-refractivity contribution in [2.75, 3.05) is 7.11 Å².